The van der Waals surface area contributed by atoms with Crippen molar-refractivity contribution < 1.29 is 4.79 Å². The number of ketones is 1. The lowest BCUT2D eigenvalue weighted by molar-refractivity contribution is -0.146. The van der Waals surface area contributed by atoms with E-state index in [1.165, 1.54) is 0 Å². The molecule has 0 bridgehead atoms. The van der Waals surface area contributed by atoms with E-state index in [1.54, 1.807) is 0 Å². The van der Waals surface area contributed by atoms with Gasteiger partial charge in [0.05, 0.1) is 0 Å². The lowest BCUT2D eigenvalue weighted by Crippen LogP contribution is -2.49. The number of rotatable bonds is 12. The molecule has 1 fully saturated rings. The van der Waals surface area contributed by atoms with Crippen LogP contribution in [0.5, 0.6) is 0 Å². The Bertz CT molecular complexity index is 1450. The Hall–Kier alpha value is -5.89. The molecule has 1 aliphatic carbocycles. The highest BCUT2D eigenvalue weighted by molar-refractivity contribution is 5.91. The van der Waals surface area contributed by atoms with Crippen molar-refractivity contribution >= 4 is 53.4 Å². The fourth-order valence-electron chi connectivity index (χ4n) is 6.44. The largest absolute Gasteiger partial charge is 0.368 e. The highest BCUT2D eigenvalue weighted by Crippen LogP contribution is 2.52. The fourth-order valence-corrected chi connectivity index (χ4v) is 6.44. The molecular weight excluding hydrogens is 608 g/mol. The van der Waals surface area contributed by atoms with E-state index in [2.05, 4.69) is 59.8 Å². The van der Waals surface area contributed by atoms with E-state index in [4.69, 9.17) is 45.9 Å². The van der Waals surface area contributed by atoms with Crippen LogP contribution in [0.1, 0.15) is 68.2 Å². The fraction of sp³-hybridized carbons (Fsp3) is 0.500. The highest BCUT2D eigenvalue weighted by atomic mass is 16.1. The number of hydrogen-bond acceptors (Lipinski definition) is 21. The van der Waals surface area contributed by atoms with Crippen molar-refractivity contribution in [1.29, 1.82) is 0 Å². The van der Waals surface area contributed by atoms with E-state index >= 15 is 4.79 Å². The SMILES string of the molecule is Nc1nc(N)nc(CCC2(CCc3nc(N)nc(N)n3)CCCC(CCc3nc(N)nc(N)n3)(CCc3nc(N)nc(N)n3)C2=O)n1. The third-order valence-corrected chi connectivity index (χ3v) is 8.45. The van der Waals surface area contributed by atoms with E-state index in [9.17, 15) is 0 Å². The molecule has 0 aromatic carbocycles. The van der Waals surface area contributed by atoms with Gasteiger partial charge in [0, 0.05) is 36.5 Å². The predicted octanol–water partition coefficient (Wildman–Crippen LogP) is -1.36. The number of aryl methyl sites for hydroxylation is 4. The third kappa shape index (κ3) is 7.86. The van der Waals surface area contributed by atoms with E-state index in [0.717, 1.165) is 6.42 Å². The summed E-state index contributed by atoms with van der Waals surface area (Å²) in [5.74, 6) is 1.48. The summed E-state index contributed by atoms with van der Waals surface area (Å²) < 4.78 is 0. The number of nitrogens with zero attached hydrogens (tertiary/aromatic N) is 12. The number of anilines is 8. The number of nitrogen functional groups attached to an aromatic ring is 8. The zero-order valence-corrected chi connectivity index (χ0v) is 25.7. The third-order valence-electron chi connectivity index (χ3n) is 8.45. The average Bonchev–Trinajstić information content (AvgIpc) is 2.97. The van der Waals surface area contributed by atoms with Crippen molar-refractivity contribution in [2.24, 2.45) is 10.8 Å². The molecule has 0 spiro atoms. The van der Waals surface area contributed by atoms with Gasteiger partial charge >= 0.3 is 0 Å². The zero-order chi connectivity index (χ0) is 33.8. The number of carbonyl (C=O) groups is 1. The summed E-state index contributed by atoms with van der Waals surface area (Å²) in [5, 5.41) is 0. The predicted molar refractivity (Wildman–Crippen MR) is 172 cm³/mol. The number of nitrogens with two attached hydrogens (primary N) is 8. The Morgan fingerprint density at radius 2 is 0.596 bits per heavy atom. The maximum atomic E-state index is 15.2. The minimum Gasteiger partial charge on any atom is -0.368 e. The van der Waals surface area contributed by atoms with Gasteiger partial charge in [0.2, 0.25) is 47.6 Å². The summed E-state index contributed by atoms with van der Waals surface area (Å²) in [6, 6.07) is 0. The molecule has 0 unspecified atom stereocenters. The quantitative estimate of drug-likeness (QED) is 0.0880. The Morgan fingerprint density at radius 3 is 0.809 bits per heavy atom. The summed E-state index contributed by atoms with van der Waals surface area (Å²) in [6.07, 6.45) is 4.62. The maximum absolute atomic E-state index is 15.2. The molecule has 248 valence electrons. The Labute approximate surface area is 268 Å². The first-order chi connectivity index (χ1) is 22.3. The van der Waals surface area contributed by atoms with Gasteiger partial charge in [0.15, 0.2) is 0 Å². The smallest absolute Gasteiger partial charge is 0.225 e. The average molecular weight is 647 g/mol. The van der Waals surface area contributed by atoms with Crippen molar-refractivity contribution in [3.8, 4) is 0 Å². The van der Waals surface area contributed by atoms with Gasteiger partial charge in [-0.3, -0.25) is 4.79 Å². The first kappa shape index (κ1) is 32.5. The maximum Gasteiger partial charge on any atom is 0.225 e. The second-order valence-electron chi connectivity index (χ2n) is 11.6. The Morgan fingerprint density at radius 1 is 0.383 bits per heavy atom. The van der Waals surface area contributed by atoms with Crippen molar-refractivity contribution in [3.05, 3.63) is 23.3 Å². The van der Waals surface area contributed by atoms with Crippen LogP contribution in [0.25, 0.3) is 0 Å². The normalized spacial score (nSPS) is 15.4. The molecule has 16 N–H and O–H groups in total. The second-order valence-corrected chi connectivity index (χ2v) is 11.6. The van der Waals surface area contributed by atoms with Gasteiger partial charge in [0.1, 0.15) is 29.1 Å². The van der Waals surface area contributed by atoms with Crippen molar-refractivity contribution in [1.82, 2.24) is 59.8 Å². The van der Waals surface area contributed by atoms with E-state index < -0.39 is 10.8 Å². The molecule has 1 aliphatic rings. The van der Waals surface area contributed by atoms with Crippen molar-refractivity contribution in [3.63, 3.8) is 0 Å². The van der Waals surface area contributed by atoms with Crippen LogP contribution < -0.4 is 45.9 Å². The van der Waals surface area contributed by atoms with Crippen molar-refractivity contribution in [2.75, 3.05) is 45.9 Å². The van der Waals surface area contributed by atoms with Crippen LogP contribution in [-0.4, -0.2) is 65.6 Å². The van der Waals surface area contributed by atoms with Gasteiger partial charge in [-0.1, -0.05) is 6.42 Å². The number of hydrogen-bond donors (Lipinski definition) is 8. The Balaban J connectivity index is 1.51. The molecule has 21 heteroatoms. The van der Waals surface area contributed by atoms with E-state index in [1.807, 2.05) is 0 Å². The van der Waals surface area contributed by atoms with Gasteiger partial charge in [-0.2, -0.15) is 59.8 Å². The molecule has 5 rings (SSSR count). The summed E-state index contributed by atoms with van der Waals surface area (Å²) in [4.78, 5) is 64.6. The van der Waals surface area contributed by atoms with E-state index in [0.29, 0.717) is 87.5 Å². The molecule has 0 amide bonds. The monoisotopic (exact) mass is 646 g/mol. The minimum atomic E-state index is -0.876. The summed E-state index contributed by atoms with van der Waals surface area (Å²) in [5.41, 5.74) is 45.0. The standard InChI is InChI=1S/C26H38N20O/c27-17-35-12(36-18(28)43-17)2-8-25(9-3-13-37-19(29)44-20(30)38-13)6-1-7-26(16(25)47,10-4-14-39-21(31)45-22(32)40-14)11-5-15-41-23(33)46-24(34)42-15/h1-11H2,(H4,27,28,35,36,43)(H4,29,30,37,38,44)(H4,31,32,39,40,45)(H4,33,34,41,42,46). The first-order valence-electron chi connectivity index (χ1n) is 14.9. The van der Waals surface area contributed by atoms with Crippen LogP contribution in [0.2, 0.25) is 0 Å². The zero-order valence-electron chi connectivity index (χ0n) is 25.7. The van der Waals surface area contributed by atoms with Crippen LogP contribution in [0.4, 0.5) is 47.6 Å². The van der Waals surface area contributed by atoms with Crippen LogP contribution in [0.3, 0.4) is 0 Å². The molecular formula is C26H38N20O. The molecule has 4 aromatic rings. The van der Waals surface area contributed by atoms with Gasteiger partial charge in [-0.15, -0.1) is 0 Å². The minimum absolute atomic E-state index is 0.00574. The molecule has 47 heavy (non-hydrogen) atoms. The van der Waals surface area contributed by atoms with E-state index in [-0.39, 0.29) is 53.4 Å². The molecule has 21 nitrogen and oxygen atoms in total. The second kappa shape index (κ2) is 13.2. The van der Waals surface area contributed by atoms with Crippen molar-refractivity contribution in [2.45, 2.75) is 70.6 Å². The van der Waals surface area contributed by atoms with Gasteiger partial charge < -0.3 is 45.9 Å². The lowest BCUT2D eigenvalue weighted by atomic mass is 9.55. The summed E-state index contributed by atoms with van der Waals surface area (Å²) in [7, 11) is 0. The molecule has 0 saturated heterocycles. The van der Waals surface area contributed by atoms with Crippen LogP contribution in [0.15, 0.2) is 0 Å². The number of Topliss-reactive ketones (excluding diaryl/α,β-unsaturated/α-hetero) is 1. The summed E-state index contributed by atoms with van der Waals surface area (Å²) >= 11 is 0. The highest BCUT2D eigenvalue weighted by Gasteiger charge is 2.52. The topological polar surface area (TPSA) is 380 Å². The molecule has 4 aromatic heterocycles. The van der Waals surface area contributed by atoms with Gasteiger partial charge in [0.25, 0.3) is 0 Å². The van der Waals surface area contributed by atoms with Gasteiger partial charge in [-0.25, -0.2) is 0 Å². The van der Waals surface area contributed by atoms with Crippen LogP contribution >= 0.6 is 0 Å². The molecule has 0 radical (unpaired) electrons. The lowest BCUT2D eigenvalue weighted by Gasteiger charge is -2.47. The molecule has 1 saturated carbocycles. The first-order valence-corrected chi connectivity index (χ1v) is 14.9. The van der Waals surface area contributed by atoms with Gasteiger partial charge in [-0.05, 0) is 38.5 Å². The number of aromatic nitrogens is 12. The van der Waals surface area contributed by atoms with Crippen LogP contribution in [0, 0.1) is 10.8 Å². The molecule has 4 heterocycles. The molecule has 0 aliphatic heterocycles. The van der Waals surface area contributed by atoms with Crippen LogP contribution in [-0.2, 0) is 30.5 Å². The number of carbonyl (C=O) groups excluding carboxylic acids is 1. The molecule has 0 atom stereocenters. The Kier molecular flexibility index (Phi) is 9.15. The summed E-state index contributed by atoms with van der Waals surface area (Å²) in [6.45, 7) is 0.